The number of aliphatic carboxylic acids is 1. The van der Waals surface area contributed by atoms with Gasteiger partial charge in [-0.15, -0.1) is 0 Å². The van der Waals surface area contributed by atoms with Gasteiger partial charge in [-0.2, -0.15) is 0 Å². The van der Waals surface area contributed by atoms with Crippen molar-refractivity contribution in [1.82, 2.24) is 0 Å². The minimum absolute atomic E-state index is 0.0370. The van der Waals surface area contributed by atoms with Crippen molar-refractivity contribution >= 4 is 5.97 Å². The molecule has 1 saturated carbocycles. The van der Waals surface area contributed by atoms with Crippen LogP contribution in [-0.2, 0) is 4.79 Å². The van der Waals surface area contributed by atoms with Crippen LogP contribution in [0.2, 0.25) is 0 Å². The molecule has 0 amide bonds. The molecule has 2 aliphatic rings. The number of carbonyl (C=O) groups is 1. The number of aliphatic hydroxyl groups is 3. The summed E-state index contributed by atoms with van der Waals surface area (Å²) >= 11 is 0. The molecule has 0 aromatic heterocycles. The van der Waals surface area contributed by atoms with E-state index in [0.29, 0.717) is 25.7 Å². The van der Waals surface area contributed by atoms with Crippen molar-refractivity contribution in [3.05, 3.63) is 23.3 Å². The van der Waals surface area contributed by atoms with Crippen LogP contribution in [0.25, 0.3) is 0 Å². The Morgan fingerprint density at radius 3 is 2.64 bits per heavy atom. The summed E-state index contributed by atoms with van der Waals surface area (Å²) in [6, 6.07) is 0. The number of carboxylic acid groups (broad SMARTS) is 1. The van der Waals surface area contributed by atoms with Crippen LogP contribution in [0.3, 0.4) is 0 Å². The first-order valence-corrected chi connectivity index (χ1v) is 9.26. The molecule has 0 heterocycles. The van der Waals surface area contributed by atoms with Gasteiger partial charge in [-0.1, -0.05) is 24.6 Å². The molecular weight excluding hydrogens is 320 g/mol. The zero-order valence-electron chi connectivity index (χ0n) is 15.4. The average molecular weight is 352 g/mol. The molecule has 0 saturated heterocycles. The number of fused-ring (bicyclic) bond motifs is 1. The van der Waals surface area contributed by atoms with Crippen LogP contribution in [0.5, 0.6) is 0 Å². The molecular formula is C20H32O5. The first kappa shape index (κ1) is 20.1. The standard InChI is InChI=1S/C20H32O5/c1-14-4-3-5-17-19(13-23,8-6-16(12-22)7-9-21)15(2)11-20(17,10-14)18(24)25/h4,7,15,17,21-23H,3,5-6,8-13H2,1-2H3,(H,24,25). The van der Waals surface area contributed by atoms with Crippen LogP contribution < -0.4 is 0 Å². The van der Waals surface area contributed by atoms with Crippen molar-refractivity contribution in [2.24, 2.45) is 22.7 Å². The van der Waals surface area contributed by atoms with Crippen molar-refractivity contribution in [2.45, 2.75) is 52.4 Å². The van der Waals surface area contributed by atoms with E-state index in [0.717, 1.165) is 24.0 Å². The first-order chi connectivity index (χ1) is 11.9. The number of aliphatic hydroxyl groups excluding tert-OH is 3. The largest absolute Gasteiger partial charge is 0.481 e. The molecule has 5 nitrogen and oxygen atoms in total. The SMILES string of the molecule is CC1=CCCC2C(C(=O)O)(C1)CC(C)C2(CO)CCC(=CCO)CO. The molecule has 4 N–H and O–H groups in total. The van der Waals surface area contributed by atoms with Gasteiger partial charge in [0.05, 0.1) is 18.6 Å². The van der Waals surface area contributed by atoms with Crippen LogP contribution in [0.4, 0.5) is 0 Å². The van der Waals surface area contributed by atoms with Gasteiger partial charge in [0.1, 0.15) is 0 Å². The first-order valence-electron chi connectivity index (χ1n) is 9.26. The fourth-order valence-electron chi connectivity index (χ4n) is 5.46. The van der Waals surface area contributed by atoms with Crippen LogP contribution >= 0.6 is 0 Å². The maximum atomic E-state index is 12.3. The highest BCUT2D eigenvalue weighted by Crippen LogP contribution is 2.64. The third-order valence-electron chi connectivity index (χ3n) is 6.77. The van der Waals surface area contributed by atoms with Gasteiger partial charge in [0.25, 0.3) is 0 Å². The molecule has 142 valence electrons. The van der Waals surface area contributed by atoms with E-state index < -0.39 is 16.8 Å². The molecule has 4 unspecified atom stereocenters. The van der Waals surface area contributed by atoms with E-state index >= 15 is 0 Å². The Balaban J connectivity index is 2.37. The maximum Gasteiger partial charge on any atom is 0.310 e. The third kappa shape index (κ3) is 3.55. The summed E-state index contributed by atoms with van der Waals surface area (Å²) in [5.41, 5.74) is 0.611. The number of hydrogen-bond acceptors (Lipinski definition) is 4. The summed E-state index contributed by atoms with van der Waals surface area (Å²) in [6.45, 7) is 3.78. The monoisotopic (exact) mass is 352 g/mol. The molecule has 0 bridgehead atoms. The Morgan fingerprint density at radius 2 is 2.08 bits per heavy atom. The summed E-state index contributed by atoms with van der Waals surface area (Å²) < 4.78 is 0. The van der Waals surface area contributed by atoms with Gasteiger partial charge in [-0.3, -0.25) is 4.79 Å². The minimum atomic E-state index is -0.806. The number of rotatable bonds is 7. The van der Waals surface area contributed by atoms with Gasteiger partial charge in [0.2, 0.25) is 0 Å². The van der Waals surface area contributed by atoms with Gasteiger partial charge in [-0.25, -0.2) is 0 Å². The molecule has 1 fully saturated rings. The Morgan fingerprint density at radius 1 is 1.36 bits per heavy atom. The Bertz CT molecular complexity index is 552. The number of carboxylic acids is 1. The van der Waals surface area contributed by atoms with Crippen LogP contribution in [-0.4, -0.2) is 46.2 Å². The molecule has 4 atom stereocenters. The predicted octanol–water partition coefficient (Wildman–Crippen LogP) is 2.51. The molecule has 0 aromatic carbocycles. The van der Waals surface area contributed by atoms with Crippen LogP contribution in [0.15, 0.2) is 23.3 Å². The summed E-state index contributed by atoms with van der Waals surface area (Å²) in [6.07, 6.45) is 7.70. The van der Waals surface area contributed by atoms with Gasteiger partial charge < -0.3 is 20.4 Å². The van der Waals surface area contributed by atoms with E-state index in [2.05, 4.69) is 13.0 Å². The second-order valence-corrected chi connectivity index (χ2v) is 8.02. The van der Waals surface area contributed by atoms with Gasteiger partial charge in [0, 0.05) is 12.0 Å². The minimum Gasteiger partial charge on any atom is -0.481 e. The fraction of sp³-hybridized carbons (Fsp3) is 0.750. The highest BCUT2D eigenvalue weighted by molar-refractivity contribution is 5.76. The summed E-state index contributed by atoms with van der Waals surface area (Å²) in [7, 11) is 0. The van der Waals surface area contributed by atoms with Crippen LogP contribution in [0.1, 0.15) is 52.4 Å². The zero-order chi connectivity index (χ0) is 18.7. The van der Waals surface area contributed by atoms with Crippen molar-refractivity contribution < 1.29 is 25.2 Å². The molecule has 25 heavy (non-hydrogen) atoms. The molecule has 0 aliphatic heterocycles. The smallest absolute Gasteiger partial charge is 0.310 e. The van der Waals surface area contributed by atoms with Crippen molar-refractivity contribution in [2.75, 3.05) is 19.8 Å². The normalized spacial score (nSPS) is 35.9. The zero-order valence-corrected chi connectivity index (χ0v) is 15.4. The molecule has 2 aliphatic carbocycles. The Kier molecular flexibility index (Phi) is 6.46. The second-order valence-electron chi connectivity index (χ2n) is 8.02. The fourth-order valence-corrected chi connectivity index (χ4v) is 5.46. The highest BCUT2D eigenvalue weighted by Gasteiger charge is 2.63. The average Bonchev–Trinajstić information content (AvgIpc) is 2.69. The van der Waals surface area contributed by atoms with Gasteiger partial charge in [-0.05, 0) is 62.9 Å². The van der Waals surface area contributed by atoms with Crippen molar-refractivity contribution in [3.8, 4) is 0 Å². The molecule has 0 radical (unpaired) electrons. The second kappa shape index (κ2) is 8.02. The molecule has 0 spiro atoms. The highest BCUT2D eigenvalue weighted by atomic mass is 16.4. The van der Waals surface area contributed by atoms with E-state index in [1.54, 1.807) is 6.08 Å². The van der Waals surface area contributed by atoms with E-state index in [-0.39, 0.29) is 31.7 Å². The molecule has 2 rings (SSSR count). The van der Waals surface area contributed by atoms with Crippen molar-refractivity contribution in [1.29, 1.82) is 0 Å². The third-order valence-corrected chi connectivity index (χ3v) is 6.77. The summed E-state index contributed by atoms with van der Waals surface area (Å²) in [5.74, 6) is -0.735. The van der Waals surface area contributed by atoms with Gasteiger partial charge >= 0.3 is 5.97 Å². The lowest BCUT2D eigenvalue weighted by molar-refractivity contribution is -0.153. The van der Waals surface area contributed by atoms with Crippen LogP contribution in [0, 0.1) is 22.7 Å². The lowest BCUT2D eigenvalue weighted by atomic mass is 9.63. The topological polar surface area (TPSA) is 98.0 Å². The van der Waals surface area contributed by atoms with E-state index in [1.807, 2.05) is 6.92 Å². The van der Waals surface area contributed by atoms with E-state index in [1.165, 1.54) is 0 Å². The summed E-state index contributed by atoms with van der Waals surface area (Å²) in [4.78, 5) is 12.3. The molecule has 5 heteroatoms. The predicted molar refractivity (Wildman–Crippen MR) is 96.0 cm³/mol. The summed E-state index contributed by atoms with van der Waals surface area (Å²) in [5, 5.41) is 39.0. The molecule has 0 aromatic rings. The van der Waals surface area contributed by atoms with Crippen molar-refractivity contribution in [3.63, 3.8) is 0 Å². The van der Waals surface area contributed by atoms with Gasteiger partial charge in [0.15, 0.2) is 0 Å². The number of hydrogen-bond donors (Lipinski definition) is 4. The Hall–Kier alpha value is -1.17. The maximum absolute atomic E-state index is 12.3. The van der Waals surface area contributed by atoms with E-state index in [4.69, 9.17) is 5.11 Å². The quantitative estimate of drug-likeness (QED) is 0.528. The lowest BCUT2D eigenvalue weighted by Crippen LogP contribution is -2.43. The number of allylic oxidation sites excluding steroid dienone is 2. The lowest BCUT2D eigenvalue weighted by Gasteiger charge is -2.41. The Labute approximate surface area is 150 Å². The van der Waals surface area contributed by atoms with E-state index in [9.17, 15) is 20.1 Å².